The summed E-state index contributed by atoms with van der Waals surface area (Å²) < 4.78 is 37.8. The number of alkyl halides is 3. The van der Waals surface area contributed by atoms with E-state index >= 15 is 0 Å². The Morgan fingerprint density at radius 1 is 1.28 bits per heavy atom. The van der Waals surface area contributed by atoms with Gasteiger partial charge in [-0.25, -0.2) is 0 Å². The van der Waals surface area contributed by atoms with Gasteiger partial charge in [-0.15, -0.1) is 0 Å². The Morgan fingerprint density at radius 3 is 2.61 bits per heavy atom. The molecule has 0 aliphatic carbocycles. The number of rotatable bonds is 3. The van der Waals surface area contributed by atoms with Gasteiger partial charge in [-0.05, 0) is 12.1 Å². The lowest BCUT2D eigenvalue weighted by Gasteiger charge is -2.08. The van der Waals surface area contributed by atoms with Gasteiger partial charge < -0.3 is 4.57 Å². The second-order valence-electron chi connectivity index (χ2n) is 3.87. The van der Waals surface area contributed by atoms with E-state index < -0.39 is 17.5 Å². The molecule has 0 fully saturated rings. The van der Waals surface area contributed by atoms with Gasteiger partial charge in [-0.1, -0.05) is 0 Å². The van der Waals surface area contributed by atoms with E-state index in [1.807, 2.05) is 0 Å². The van der Waals surface area contributed by atoms with Crippen molar-refractivity contribution in [1.29, 1.82) is 0 Å². The molecule has 1 heterocycles. The average molecular weight is 258 g/mol. The first-order chi connectivity index (χ1) is 8.37. The molecule has 1 aromatic carbocycles. The molecule has 0 atom stereocenters. The van der Waals surface area contributed by atoms with Crippen molar-refractivity contribution >= 4 is 16.6 Å². The Morgan fingerprint density at radius 2 is 2.00 bits per heavy atom. The van der Waals surface area contributed by atoms with Crippen molar-refractivity contribution < 1.29 is 18.1 Å². The van der Waals surface area contributed by atoms with E-state index in [1.165, 1.54) is 29.0 Å². The van der Waals surface area contributed by atoms with E-state index in [1.54, 1.807) is 6.07 Å². The first-order valence-electron chi connectivity index (χ1n) is 5.17. The van der Waals surface area contributed by atoms with Gasteiger partial charge in [0.25, 0.3) is 5.69 Å². The van der Waals surface area contributed by atoms with Crippen LogP contribution in [0.4, 0.5) is 18.9 Å². The number of benzene rings is 1. The molecule has 96 valence electrons. The third-order valence-electron chi connectivity index (χ3n) is 2.60. The molecule has 0 N–H and O–H groups in total. The highest BCUT2D eigenvalue weighted by molar-refractivity contribution is 5.82. The summed E-state index contributed by atoms with van der Waals surface area (Å²) in [5.74, 6) is 0. The van der Waals surface area contributed by atoms with Crippen molar-refractivity contribution in [3.8, 4) is 0 Å². The Bertz CT molecular complexity index is 589. The number of hydrogen-bond donors (Lipinski definition) is 0. The van der Waals surface area contributed by atoms with Gasteiger partial charge in [-0.2, -0.15) is 13.2 Å². The molecule has 0 unspecified atom stereocenters. The standard InChI is InChI=1S/C11H9F3N2O2/c12-11(13,14)4-6-15-5-3-8-7-9(16(17)18)1-2-10(8)15/h1-3,5,7H,4,6H2. The van der Waals surface area contributed by atoms with E-state index in [2.05, 4.69) is 0 Å². The Labute approximate surface area is 99.8 Å². The number of nitro benzene ring substituents is 1. The Kier molecular flexibility index (Phi) is 2.98. The molecule has 4 nitrogen and oxygen atoms in total. The first-order valence-corrected chi connectivity index (χ1v) is 5.17. The maximum Gasteiger partial charge on any atom is 0.390 e. The topological polar surface area (TPSA) is 48.1 Å². The lowest BCUT2D eigenvalue weighted by Crippen LogP contribution is -2.11. The third-order valence-corrected chi connectivity index (χ3v) is 2.60. The predicted molar refractivity (Wildman–Crippen MR) is 59.3 cm³/mol. The van der Waals surface area contributed by atoms with E-state index in [0.717, 1.165) is 0 Å². The van der Waals surface area contributed by atoms with Gasteiger partial charge in [-0.3, -0.25) is 10.1 Å². The summed E-state index contributed by atoms with van der Waals surface area (Å²) in [6.45, 7) is -0.190. The molecule has 0 aliphatic rings. The van der Waals surface area contributed by atoms with Crippen LogP contribution in [0.1, 0.15) is 6.42 Å². The zero-order valence-corrected chi connectivity index (χ0v) is 9.15. The summed E-state index contributed by atoms with van der Waals surface area (Å²) in [6.07, 6.45) is -3.63. The van der Waals surface area contributed by atoms with Gasteiger partial charge in [0.15, 0.2) is 0 Å². The predicted octanol–water partition coefficient (Wildman–Crippen LogP) is 3.50. The highest BCUT2D eigenvalue weighted by Crippen LogP contribution is 2.25. The second kappa shape index (κ2) is 4.32. The smallest absolute Gasteiger partial charge is 0.347 e. The fourth-order valence-corrected chi connectivity index (χ4v) is 1.74. The maximum absolute atomic E-state index is 12.1. The van der Waals surface area contributed by atoms with Gasteiger partial charge in [0.2, 0.25) is 0 Å². The van der Waals surface area contributed by atoms with E-state index in [0.29, 0.717) is 10.9 Å². The lowest BCUT2D eigenvalue weighted by atomic mass is 10.2. The van der Waals surface area contributed by atoms with Crippen molar-refractivity contribution in [2.45, 2.75) is 19.1 Å². The highest BCUT2D eigenvalue weighted by Gasteiger charge is 2.26. The van der Waals surface area contributed by atoms with Crippen LogP contribution in [0.15, 0.2) is 30.5 Å². The van der Waals surface area contributed by atoms with Crippen molar-refractivity contribution in [2.75, 3.05) is 0 Å². The second-order valence-corrected chi connectivity index (χ2v) is 3.87. The summed E-state index contributed by atoms with van der Waals surface area (Å²) in [6, 6.07) is 5.66. The molecule has 18 heavy (non-hydrogen) atoms. The third kappa shape index (κ3) is 2.61. The van der Waals surface area contributed by atoms with E-state index in [9.17, 15) is 23.3 Å². The largest absolute Gasteiger partial charge is 0.390 e. The summed E-state index contributed by atoms with van der Waals surface area (Å²) in [7, 11) is 0. The van der Waals surface area contributed by atoms with Crippen molar-refractivity contribution in [3.05, 3.63) is 40.6 Å². The van der Waals surface area contributed by atoms with Crippen LogP contribution in [0.25, 0.3) is 10.9 Å². The number of non-ortho nitro benzene ring substituents is 1. The minimum Gasteiger partial charge on any atom is -0.347 e. The molecule has 0 amide bonds. The van der Waals surface area contributed by atoms with Crippen LogP contribution in [0.3, 0.4) is 0 Å². The molecular formula is C11H9F3N2O2. The summed E-state index contributed by atoms with van der Waals surface area (Å²) in [5.41, 5.74) is 0.487. The average Bonchev–Trinajstić information content (AvgIpc) is 2.67. The number of nitro groups is 1. The molecule has 0 spiro atoms. The first kappa shape index (κ1) is 12.4. The number of nitrogens with zero attached hydrogens (tertiary/aromatic N) is 2. The van der Waals surface area contributed by atoms with Gasteiger partial charge in [0, 0.05) is 35.8 Å². The molecule has 0 bridgehead atoms. The maximum atomic E-state index is 12.1. The highest BCUT2D eigenvalue weighted by atomic mass is 19.4. The summed E-state index contributed by atoms with van der Waals surface area (Å²) in [4.78, 5) is 10.0. The Hall–Kier alpha value is -2.05. The zero-order chi connectivity index (χ0) is 13.3. The van der Waals surface area contributed by atoms with Crippen LogP contribution in [0, 0.1) is 10.1 Å². The molecule has 0 saturated carbocycles. The summed E-state index contributed by atoms with van der Waals surface area (Å²) >= 11 is 0. The molecule has 0 radical (unpaired) electrons. The molecule has 1 aromatic heterocycles. The van der Waals surface area contributed by atoms with Crippen molar-refractivity contribution in [3.63, 3.8) is 0 Å². The number of hydrogen-bond acceptors (Lipinski definition) is 2. The van der Waals surface area contributed by atoms with E-state index in [-0.39, 0.29) is 12.2 Å². The van der Waals surface area contributed by atoms with Crippen LogP contribution in [0.2, 0.25) is 0 Å². The minimum absolute atomic E-state index is 0.0731. The molecule has 0 aliphatic heterocycles. The van der Waals surface area contributed by atoms with E-state index in [4.69, 9.17) is 0 Å². The number of aromatic nitrogens is 1. The normalized spacial score (nSPS) is 11.9. The minimum atomic E-state index is -4.21. The number of aryl methyl sites for hydroxylation is 1. The number of fused-ring (bicyclic) bond motifs is 1. The molecule has 2 rings (SSSR count). The lowest BCUT2D eigenvalue weighted by molar-refractivity contribution is -0.384. The molecule has 0 saturated heterocycles. The molecule has 7 heteroatoms. The summed E-state index contributed by atoms with van der Waals surface area (Å²) in [5, 5.41) is 11.1. The molecule has 2 aromatic rings. The van der Waals surface area contributed by atoms with Gasteiger partial charge in [0.1, 0.15) is 0 Å². The monoisotopic (exact) mass is 258 g/mol. The fourth-order valence-electron chi connectivity index (χ4n) is 1.74. The van der Waals surface area contributed by atoms with Gasteiger partial charge >= 0.3 is 6.18 Å². The quantitative estimate of drug-likeness (QED) is 0.624. The van der Waals surface area contributed by atoms with Gasteiger partial charge in [0.05, 0.1) is 11.3 Å². The van der Waals surface area contributed by atoms with Crippen LogP contribution in [0.5, 0.6) is 0 Å². The van der Waals surface area contributed by atoms with Crippen molar-refractivity contribution in [2.24, 2.45) is 0 Å². The zero-order valence-electron chi connectivity index (χ0n) is 9.15. The van der Waals surface area contributed by atoms with Crippen LogP contribution >= 0.6 is 0 Å². The van der Waals surface area contributed by atoms with Crippen molar-refractivity contribution in [1.82, 2.24) is 4.57 Å². The van der Waals surface area contributed by atoms with Crippen LogP contribution < -0.4 is 0 Å². The number of halogens is 3. The fraction of sp³-hybridized carbons (Fsp3) is 0.273. The Balaban J connectivity index is 2.29. The SMILES string of the molecule is O=[N+]([O-])c1ccc2c(ccn2CCC(F)(F)F)c1. The van der Waals surface area contributed by atoms with Crippen LogP contribution in [-0.4, -0.2) is 15.7 Å². The van der Waals surface area contributed by atoms with Crippen LogP contribution in [-0.2, 0) is 6.54 Å². The molecular weight excluding hydrogens is 249 g/mol.